The molecule has 2 saturated carbocycles. The van der Waals surface area contributed by atoms with Gasteiger partial charge in [0.05, 0.1) is 5.60 Å². The highest BCUT2D eigenvalue weighted by atomic mass is 16.3. The lowest BCUT2D eigenvalue weighted by atomic mass is 9.63. The summed E-state index contributed by atoms with van der Waals surface area (Å²) in [5, 5.41) is 10.7. The molecule has 1 N–H and O–H groups in total. The quantitative estimate of drug-likeness (QED) is 0.609. The van der Waals surface area contributed by atoms with Crippen LogP contribution in [0.3, 0.4) is 0 Å². The average molecular weight is 222 g/mol. The van der Waals surface area contributed by atoms with E-state index in [1.54, 1.807) is 5.57 Å². The Kier molecular flexibility index (Phi) is 3.18. The van der Waals surface area contributed by atoms with Gasteiger partial charge >= 0.3 is 0 Å². The second kappa shape index (κ2) is 4.18. The molecule has 1 unspecified atom stereocenters. The number of rotatable bonds is 0. The third-order valence-corrected chi connectivity index (χ3v) is 4.49. The molecule has 0 bridgehead atoms. The lowest BCUT2D eigenvalue weighted by molar-refractivity contribution is 0.0371. The molecule has 0 radical (unpaired) electrons. The zero-order valence-electron chi connectivity index (χ0n) is 11.1. The van der Waals surface area contributed by atoms with Gasteiger partial charge in [-0.15, -0.1) is 0 Å². The maximum Gasteiger partial charge on any atom is 0.0836 e. The van der Waals surface area contributed by atoms with Gasteiger partial charge in [-0.05, 0) is 62.9 Å². The molecule has 0 spiro atoms. The molecule has 1 heteroatoms. The summed E-state index contributed by atoms with van der Waals surface area (Å²) in [5.41, 5.74) is 2.66. The first-order chi connectivity index (χ1) is 7.43. The van der Waals surface area contributed by atoms with Gasteiger partial charge in [-0.25, -0.2) is 0 Å². The largest absolute Gasteiger partial charge is 0.386 e. The summed E-state index contributed by atoms with van der Waals surface area (Å²) < 4.78 is 0. The zero-order valence-corrected chi connectivity index (χ0v) is 11.1. The zero-order chi connectivity index (χ0) is 11.8. The molecule has 0 aromatic carbocycles. The van der Waals surface area contributed by atoms with Crippen LogP contribution in [0.5, 0.6) is 0 Å². The van der Waals surface area contributed by atoms with Crippen LogP contribution in [0.2, 0.25) is 0 Å². The molecule has 2 aliphatic carbocycles. The van der Waals surface area contributed by atoms with Gasteiger partial charge in [-0.3, -0.25) is 0 Å². The van der Waals surface area contributed by atoms with Crippen molar-refractivity contribution in [3.05, 3.63) is 11.1 Å². The van der Waals surface area contributed by atoms with Crippen molar-refractivity contribution in [3.63, 3.8) is 0 Å². The third kappa shape index (κ3) is 2.20. The van der Waals surface area contributed by atoms with E-state index in [-0.39, 0.29) is 5.41 Å². The van der Waals surface area contributed by atoms with Gasteiger partial charge in [0.25, 0.3) is 0 Å². The first kappa shape index (κ1) is 12.2. The van der Waals surface area contributed by atoms with Gasteiger partial charge in [-0.2, -0.15) is 0 Å². The summed E-state index contributed by atoms with van der Waals surface area (Å²) in [6, 6.07) is 0. The number of allylic oxidation sites excluding steroid dienone is 1. The fraction of sp³-hybridized carbons (Fsp3) is 0.867. The predicted molar refractivity (Wildman–Crippen MR) is 68.4 cm³/mol. The minimum Gasteiger partial charge on any atom is -0.386 e. The topological polar surface area (TPSA) is 20.2 Å². The molecule has 16 heavy (non-hydrogen) atoms. The molecule has 2 rings (SSSR count). The normalized spacial score (nSPS) is 35.2. The van der Waals surface area contributed by atoms with Crippen LogP contribution in [0.1, 0.15) is 72.1 Å². The predicted octanol–water partition coefficient (Wildman–Crippen LogP) is 4.21. The van der Waals surface area contributed by atoms with E-state index in [0.717, 1.165) is 12.8 Å². The molecule has 0 aliphatic heterocycles. The number of aliphatic hydroxyl groups is 1. The van der Waals surface area contributed by atoms with Gasteiger partial charge in [0.15, 0.2) is 0 Å². The van der Waals surface area contributed by atoms with Gasteiger partial charge in [0, 0.05) is 0 Å². The van der Waals surface area contributed by atoms with Gasteiger partial charge < -0.3 is 5.11 Å². The molecule has 0 amide bonds. The van der Waals surface area contributed by atoms with Crippen molar-refractivity contribution in [2.45, 2.75) is 77.7 Å². The second-order valence-corrected chi connectivity index (χ2v) is 6.55. The van der Waals surface area contributed by atoms with Gasteiger partial charge in [-0.1, -0.05) is 25.8 Å². The van der Waals surface area contributed by atoms with E-state index in [1.807, 2.05) is 6.92 Å². The Hall–Kier alpha value is -0.300. The molecule has 0 saturated heterocycles. The summed E-state index contributed by atoms with van der Waals surface area (Å²) in [6.45, 7) is 6.67. The van der Waals surface area contributed by atoms with E-state index in [1.165, 1.54) is 44.1 Å². The molecule has 92 valence electrons. The molecule has 1 nitrogen and oxygen atoms in total. The summed E-state index contributed by atoms with van der Waals surface area (Å²) in [7, 11) is 0. The van der Waals surface area contributed by atoms with Crippen LogP contribution in [-0.2, 0) is 0 Å². The monoisotopic (exact) mass is 222 g/mol. The van der Waals surface area contributed by atoms with Crippen molar-refractivity contribution in [1.29, 1.82) is 0 Å². The Balaban J connectivity index is 2.38. The molecule has 0 heterocycles. The summed E-state index contributed by atoms with van der Waals surface area (Å²) in [4.78, 5) is 0. The van der Waals surface area contributed by atoms with Crippen LogP contribution in [0, 0.1) is 5.41 Å². The fourth-order valence-corrected chi connectivity index (χ4v) is 3.94. The van der Waals surface area contributed by atoms with E-state index in [4.69, 9.17) is 0 Å². The molecular formula is C15H26O. The fourth-order valence-electron chi connectivity index (χ4n) is 3.94. The lowest BCUT2D eigenvalue weighted by Gasteiger charge is -2.45. The standard InChI is InChI=1S/C15H26O/c1-14(2)10-7-11-15(3,16)13(14)12-8-5-4-6-9-12/h16H,4-11H2,1-3H3. The second-order valence-electron chi connectivity index (χ2n) is 6.55. The Morgan fingerprint density at radius 2 is 1.50 bits per heavy atom. The molecule has 0 aromatic heterocycles. The highest BCUT2D eigenvalue weighted by molar-refractivity contribution is 5.31. The SMILES string of the molecule is CC1(C)CCCC(C)(O)C1=C1CCCCC1. The van der Waals surface area contributed by atoms with Crippen molar-refractivity contribution in [2.24, 2.45) is 5.41 Å². The average Bonchev–Trinajstić information content (AvgIpc) is 2.16. The third-order valence-electron chi connectivity index (χ3n) is 4.49. The number of hydrogen-bond donors (Lipinski definition) is 1. The Bertz CT molecular complexity index is 271. The van der Waals surface area contributed by atoms with E-state index >= 15 is 0 Å². The van der Waals surface area contributed by atoms with Crippen molar-refractivity contribution in [1.82, 2.24) is 0 Å². The maximum atomic E-state index is 10.7. The Labute approximate surface area is 99.9 Å². The Morgan fingerprint density at radius 1 is 0.875 bits per heavy atom. The molecular weight excluding hydrogens is 196 g/mol. The minimum absolute atomic E-state index is 0.217. The summed E-state index contributed by atoms with van der Waals surface area (Å²) in [6.07, 6.45) is 9.84. The highest BCUT2D eigenvalue weighted by Gasteiger charge is 2.41. The summed E-state index contributed by atoms with van der Waals surface area (Å²) in [5.74, 6) is 0. The summed E-state index contributed by atoms with van der Waals surface area (Å²) >= 11 is 0. The van der Waals surface area contributed by atoms with E-state index in [2.05, 4.69) is 13.8 Å². The smallest absolute Gasteiger partial charge is 0.0836 e. The van der Waals surface area contributed by atoms with Crippen molar-refractivity contribution in [3.8, 4) is 0 Å². The van der Waals surface area contributed by atoms with Crippen LogP contribution >= 0.6 is 0 Å². The molecule has 1 atom stereocenters. The highest BCUT2D eigenvalue weighted by Crippen LogP contribution is 2.49. The lowest BCUT2D eigenvalue weighted by Crippen LogP contribution is -2.40. The minimum atomic E-state index is -0.533. The first-order valence-electron chi connectivity index (χ1n) is 6.89. The van der Waals surface area contributed by atoms with Crippen molar-refractivity contribution >= 4 is 0 Å². The van der Waals surface area contributed by atoms with Crippen LogP contribution < -0.4 is 0 Å². The molecule has 2 fully saturated rings. The van der Waals surface area contributed by atoms with Crippen molar-refractivity contribution < 1.29 is 5.11 Å². The van der Waals surface area contributed by atoms with Crippen LogP contribution in [0.15, 0.2) is 11.1 Å². The first-order valence-corrected chi connectivity index (χ1v) is 6.89. The van der Waals surface area contributed by atoms with E-state index < -0.39 is 5.60 Å². The Morgan fingerprint density at radius 3 is 2.06 bits per heavy atom. The van der Waals surface area contributed by atoms with Crippen molar-refractivity contribution in [2.75, 3.05) is 0 Å². The van der Waals surface area contributed by atoms with Gasteiger partial charge in [0.1, 0.15) is 0 Å². The molecule has 2 aliphatic rings. The van der Waals surface area contributed by atoms with Crippen LogP contribution in [0.25, 0.3) is 0 Å². The van der Waals surface area contributed by atoms with E-state index in [9.17, 15) is 5.11 Å². The van der Waals surface area contributed by atoms with Gasteiger partial charge in [0.2, 0.25) is 0 Å². The number of hydrogen-bond acceptors (Lipinski definition) is 1. The van der Waals surface area contributed by atoms with E-state index in [0.29, 0.717) is 0 Å². The van der Waals surface area contributed by atoms with Crippen LogP contribution in [0.4, 0.5) is 0 Å². The molecule has 0 aromatic rings. The van der Waals surface area contributed by atoms with Crippen LogP contribution in [-0.4, -0.2) is 10.7 Å². The maximum absolute atomic E-state index is 10.7.